The first-order valence-electron chi connectivity index (χ1n) is 5.80. The second kappa shape index (κ2) is 6.72. The van der Waals surface area contributed by atoms with E-state index in [4.69, 9.17) is 0 Å². The van der Waals surface area contributed by atoms with Crippen molar-refractivity contribution in [1.29, 1.82) is 0 Å². The van der Waals surface area contributed by atoms with Crippen LogP contribution in [-0.2, 0) is 0 Å². The molecule has 0 saturated carbocycles. The van der Waals surface area contributed by atoms with Crippen LogP contribution in [-0.4, -0.2) is 4.98 Å². The van der Waals surface area contributed by atoms with E-state index in [-0.39, 0.29) is 0 Å². The van der Waals surface area contributed by atoms with Gasteiger partial charge >= 0.3 is 0 Å². The number of benzene rings is 1. The summed E-state index contributed by atoms with van der Waals surface area (Å²) in [6.45, 7) is 2.09. The van der Waals surface area contributed by atoms with Crippen molar-refractivity contribution in [1.82, 2.24) is 4.98 Å². The summed E-state index contributed by atoms with van der Waals surface area (Å²) in [5.41, 5.74) is 3.67. The third-order valence-electron chi connectivity index (χ3n) is 2.47. The van der Waals surface area contributed by atoms with Crippen molar-refractivity contribution >= 4 is 11.3 Å². The number of aromatic nitrogens is 1. The average Bonchev–Trinajstić information content (AvgIpc) is 3.00. The molecule has 2 heteroatoms. The Morgan fingerprint density at radius 3 is 2.06 bits per heavy atom. The predicted molar refractivity (Wildman–Crippen MR) is 78.7 cm³/mol. The summed E-state index contributed by atoms with van der Waals surface area (Å²) < 4.78 is 0. The number of hydrogen-bond acceptors (Lipinski definition) is 2. The molecule has 0 N–H and O–H groups in total. The standard InChI is InChI=1S/C12H11N.C4H4S/c1-10-4-6-11(7-5-10)12-3-2-8-13-9-12;1-2-4-5-3-1/h2-9H,1H3;1-4H. The minimum atomic E-state index is 1.17. The molecule has 2 aromatic heterocycles. The topological polar surface area (TPSA) is 12.9 Å². The summed E-state index contributed by atoms with van der Waals surface area (Å²) in [6.07, 6.45) is 3.67. The van der Waals surface area contributed by atoms with Gasteiger partial charge < -0.3 is 0 Å². The predicted octanol–water partition coefficient (Wildman–Crippen LogP) is 4.81. The highest BCUT2D eigenvalue weighted by Gasteiger charge is 1.94. The van der Waals surface area contributed by atoms with Crippen LogP contribution in [0.25, 0.3) is 11.1 Å². The van der Waals surface area contributed by atoms with Crippen molar-refractivity contribution in [3.8, 4) is 11.1 Å². The van der Waals surface area contributed by atoms with Gasteiger partial charge in [-0.1, -0.05) is 48.0 Å². The Hall–Kier alpha value is -1.93. The molecule has 90 valence electrons. The lowest BCUT2D eigenvalue weighted by Gasteiger charge is -2.00. The van der Waals surface area contributed by atoms with E-state index < -0.39 is 0 Å². The highest BCUT2D eigenvalue weighted by atomic mass is 32.1. The summed E-state index contributed by atoms with van der Waals surface area (Å²) in [6, 6.07) is 16.5. The molecule has 0 aliphatic carbocycles. The van der Waals surface area contributed by atoms with E-state index in [9.17, 15) is 0 Å². The Morgan fingerprint density at radius 1 is 0.833 bits per heavy atom. The van der Waals surface area contributed by atoms with Crippen LogP contribution in [0.5, 0.6) is 0 Å². The van der Waals surface area contributed by atoms with Crippen molar-refractivity contribution in [2.75, 3.05) is 0 Å². The fourth-order valence-corrected chi connectivity index (χ4v) is 1.96. The molecule has 0 fully saturated rings. The molecule has 0 atom stereocenters. The number of pyridine rings is 1. The SMILES string of the molecule is Cc1ccc(-c2cccnc2)cc1.c1ccsc1. The molecule has 18 heavy (non-hydrogen) atoms. The Kier molecular flexibility index (Phi) is 4.68. The van der Waals surface area contributed by atoms with Gasteiger partial charge in [-0.3, -0.25) is 4.98 Å². The van der Waals surface area contributed by atoms with Gasteiger partial charge in [0.2, 0.25) is 0 Å². The first-order valence-corrected chi connectivity index (χ1v) is 6.75. The molecule has 0 bridgehead atoms. The van der Waals surface area contributed by atoms with Crippen LogP contribution in [0.1, 0.15) is 5.56 Å². The fourth-order valence-electron chi connectivity index (χ4n) is 1.51. The molecular formula is C16H15NS. The number of aryl methyl sites for hydroxylation is 1. The molecule has 0 amide bonds. The molecule has 1 nitrogen and oxygen atoms in total. The first kappa shape index (κ1) is 12.5. The van der Waals surface area contributed by atoms with Crippen LogP contribution in [0.4, 0.5) is 0 Å². The molecule has 0 aliphatic heterocycles. The maximum atomic E-state index is 4.08. The molecule has 0 saturated heterocycles. The van der Waals surface area contributed by atoms with E-state index in [1.54, 1.807) is 17.5 Å². The van der Waals surface area contributed by atoms with Crippen molar-refractivity contribution in [2.45, 2.75) is 6.92 Å². The van der Waals surface area contributed by atoms with E-state index in [1.807, 2.05) is 35.2 Å². The summed E-state index contributed by atoms with van der Waals surface area (Å²) in [7, 11) is 0. The van der Waals surface area contributed by atoms with Crippen LogP contribution >= 0.6 is 11.3 Å². The van der Waals surface area contributed by atoms with E-state index >= 15 is 0 Å². The summed E-state index contributed by atoms with van der Waals surface area (Å²) in [4.78, 5) is 4.08. The number of hydrogen-bond donors (Lipinski definition) is 0. The highest BCUT2D eigenvalue weighted by molar-refractivity contribution is 7.07. The smallest absolute Gasteiger partial charge is 0.0346 e. The Labute approximate surface area is 112 Å². The summed E-state index contributed by atoms with van der Waals surface area (Å²) in [5.74, 6) is 0. The molecule has 0 radical (unpaired) electrons. The van der Waals surface area contributed by atoms with E-state index in [1.165, 1.54) is 16.7 Å². The van der Waals surface area contributed by atoms with Gasteiger partial charge in [0.15, 0.2) is 0 Å². The lowest BCUT2D eigenvalue weighted by Crippen LogP contribution is -1.78. The Balaban J connectivity index is 0.000000202. The van der Waals surface area contributed by atoms with Crippen LogP contribution in [0, 0.1) is 6.92 Å². The molecule has 0 aliphatic rings. The van der Waals surface area contributed by atoms with Gasteiger partial charge in [-0.05, 0) is 34.9 Å². The largest absolute Gasteiger partial charge is 0.264 e. The van der Waals surface area contributed by atoms with Crippen LogP contribution in [0.2, 0.25) is 0 Å². The lowest BCUT2D eigenvalue weighted by molar-refractivity contribution is 1.33. The zero-order valence-electron chi connectivity index (χ0n) is 10.3. The first-order chi connectivity index (χ1) is 8.86. The van der Waals surface area contributed by atoms with Gasteiger partial charge in [0.1, 0.15) is 0 Å². The molecular weight excluding hydrogens is 238 g/mol. The van der Waals surface area contributed by atoms with Crippen molar-refractivity contribution < 1.29 is 0 Å². The lowest BCUT2D eigenvalue weighted by atomic mass is 10.1. The van der Waals surface area contributed by atoms with Crippen molar-refractivity contribution in [3.63, 3.8) is 0 Å². The van der Waals surface area contributed by atoms with Crippen LogP contribution < -0.4 is 0 Å². The summed E-state index contributed by atoms with van der Waals surface area (Å²) >= 11 is 1.71. The normalized spacial score (nSPS) is 9.39. The van der Waals surface area contributed by atoms with Gasteiger partial charge in [0, 0.05) is 12.4 Å². The Bertz CT molecular complexity index is 524. The zero-order chi connectivity index (χ0) is 12.6. The molecule has 2 heterocycles. The fraction of sp³-hybridized carbons (Fsp3) is 0.0625. The van der Waals surface area contributed by atoms with E-state index in [2.05, 4.69) is 42.2 Å². The molecule has 3 rings (SSSR count). The molecule has 1 aromatic carbocycles. The number of rotatable bonds is 1. The van der Waals surface area contributed by atoms with E-state index in [0.717, 1.165) is 0 Å². The molecule has 3 aromatic rings. The average molecular weight is 253 g/mol. The molecule has 0 unspecified atom stereocenters. The van der Waals surface area contributed by atoms with Gasteiger partial charge in [-0.15, -0.1) is 0 Å². The second-order valence-corrected chi connectivity index (χ2v) is 4.72. The molecule has 0 spiro atoms. The Morgan fingerprint density at radius 2 is 1.56 bits per heavy atom. The minimum Gasteiger partial charge on any atom is -0.264 e. The third kappa shape index (κ3) is 3.82. The monoisotopic (exact) mass is 253 g/mol. The van der Waals surface area contributed by atoms with Crippen molar-refractivity contribution in [3.05, 3.63) is 77.2 Å². The maximum Gasteiger partial charge on any atom is 0.0346 e. The van der Waals surface area contributed by atoms with Crippen LogP contribution in [0.15, 0.2) is 71.7 Å². The number of nitrogens with zero attached hydrogens (tertiary/aromatic N) is 1. The highest BCUT2D eigenvalue weighted by Crippen LogP contribution is 2.17. The summed E-state index contributed by atoms with van der Waals surface area (Å²) in [5, 5.41) is 4.08. The van der Waals surface area contributed by atoms with Gasteiger partial charge in [-0.2, -0.15) is 11.3 Å². The minimum absolute atomic E-state index is 1.17. The van der Waals surface area contributed by atoms with Gasteiger partial charge in [0.05, 0.1) is 0 Å². The van der Waals surface area contributed by atoms with Gasteiger partial charge in [0.25, 0.3) is 0 Å². The maximum absolute atomic E-state index is 4.08. The van der Waals surface area contributed by atoms with Crippen LogP contribution in [0.3, 0.4) is 0 Å². The van der Waals surface area contributed by atoms with Crippen molar-refractivity contribution in [2.24, 2.45) is 0 Å². The quantitative estimate of drug-likeness (QED) is 0.606. The number of thiophene rings is 1. The second-order valence-electron chi connectivity index (χ2n) is 3.90. The van der Waals surface area contributed by atoms with Gasteiger partial charge in [-0.25, -0.2) is 0 Å². The zero-order valence-corrected chi connectivity index (χ0v) is 11.1. The third-order valence-corrected chi connectivity index (χ3v) is 3.10. The van der Waals surface area contributed by atoms with E-state index in [0.29, 0.717) is 0 Å².